The molecule has 0 spiro atoms. The topological polar surface area (TPSA) is 33.1 Å². The summed E-state index contributed by atoms with van der Waals surface area (Å²) in [6.45, 7) is 8.59. The molecule has 4 heteroatoms. The van der Waals surface area contributed by atoms with Crippen molar-refractivity contribution in [2.45, 2.75) is 52.2 Å². The summed E-state index contributed by atoms with van der Waals surface area (Å²) in [4.78, 5) is 2.41. The number of rotatable bonds is 5. The number of aromatic nitrogens is 2. The molecule has 18 heavy (non-hydrogen) atoms. The minimum Gasteiger partial charge on any atom is -0.313 e. The summed E-state index contributed by atoms with van der Waals surface area (Å²) in [5, 5.41) is 8.01. The van der Waals surface area contributed by atoms with Crippen LogP contribution in [0.25, 0.3) is 0 Å². The predicted octanol–water partition coefficient (Wildman–Crippen LogP) is 1.79. The molecule has 0 saturated carbocycles. The normalized spacial score (nSPS) is 20.6. The average Bonchev–Trinajstić information content (AvgIpc) is 2.71. The van der Waals surface area contributed by atoms with Gasteiger partial charge in [-0.15, -0.1) is 0 Å². The smallest absolute Gasteiger partial charge is 0.0537 e. The molecule has 0 amide bonds. The maximum Gasteiger partial charge on any atom is 0.0537 e. The molecule has 2 heterocycles. The van der Waals surface area contributed by atoms with Crippen LogP contribution in [0.4, 0.5) is 0 Å². The molecule has 0 aliphatic carbocycles. The van der Waals surface area contributed by atoms with E-state index in [0.717, 1.165) is 19.6 Å². The van der Waals surface area contributed by atoms with Gasteiger partial charge in [0.1, 0.15) is 0 Å². The molecule has 1 N–H and O–H groups in total. The fraction of sp³-hybridized carbons (Fsp3) is 0.786. The van der Waals surface area contributed by atoms with Crippen LogP contribution in [0.15, 0.2) is 6.20 Å². The highest BCUT2D eigenvalue weighted by Gasteiger charge is 2.15. The lowest BCUT2D eigenvalue weighted by Crippen LogP contribution is -2.42. The third kappa shape index (κ3) is 3.33. The molecule has 1 aromatic rings. The third-order valence-electron chi connectivity index (χ3n) is 3.89. The number of nitrogens with zero attached hydrogens (tertiary/aromatic N) is 3. The van der Waals surface area contributed by atoms with Crippen LogP contribution in [-0.4, -0.2) is 40.9 Å². The fourth-order valence-electron chi connectivity index (χ4n) is 2.77. The van der Waals surface area contributed by atoms with Crippen molar-refractivity contribution >= 4 is 0 Å². The standard InChI is InChI=1S/C14H26N4/c1-4-18-12(2)13(9-16-18)10-17(3)11-14-7-5-6-8-15-14/h9,14-15H,4-8,10-11H2,1-3H3/t14-/m0/s1. The van der Waals surface area contributed by atoms with Crippen LogP contribution in [-0.2, 0) is 13.1 Å². The number of nitrogens with one attached hydrogen (secondary N) is 1. The van der Waals surface area contributed by atoms with E-state index in [1.165, 1.54) is 37.1 Å². The van der Waals surface area contributed by atoms with Crippen molar-refractivity contribution in [3.05, 3.63) is 17.5 Å². The molecule has 1 aromatic heterocycles. The number of hydrogen-bond donors (Lipinski definition) is 1. The number of aryl methyl sites for hydroxylation is 1. The molecule has 0 bridgehead atoms. The van der Waals surface area contributed by atoms with Gasteiger partial charge in [-0.3, -0.25) is 4.68 Å². The second kappa shape index (κ2) is 6.34. The second-order valence-electron chi connectivity index (χ2n) is 5.41. The van der Waals surface area contributed by atoms with Crippen molar-refractivity contribution < 1.29 is 0 Å². The zero-order valence-corrected chi connectivity index (χ0v) is 11.9. The van der Waals surface area contributed by atoms with E-state index in [1.54, 1.807) is 0 Å². The largest absolute Gasteiger partial charge is 0.313 e. The van der Waals surface area contributed by atoms with Gasteiger partial charge in [-0.2, -0.15) is 5.10 Å². The zero-order chi connectivity index (χ0) is 13.0. The highest BCUT2D eigenvalue weighted by atomic mass is 15.3. The van der Waals surface area contributed by atoms with E-state index in [2.05, 4.69) is 40.9 Å². The molecule has 1 atom stereocenters. The van der Waals surface area contributed by atoms with Crippen molar-refractivity contribution in [2.75, 3.05) is 20.1 Å². The quantitative estimate of drug-likeness (QED) is 0.865. The number of piperidine rings is 1. The highest BCUT2D eigenvalue weighted by Crippen LogP contribution is 2.12. The zero-order valence-electron chi connectivity index (χ0n) is 11.9. The first-order valence-electron chi connectivity index (χ1n) is 7.14. The van der Waals surface area contributed by atoms with Gasteiger partial charge in [0.15, 0.2) is 0 Å². The summed E-state index contributed by atoms with van der Waals surface area (Å²) in [7, 11) is 2.21. The van der Waals surface area contributed by atoms with Crippen molar-refractivity contribution in [3.8, 4) is 0 Å². The van der Waals surface area contributed by atoms with E-state index in [-0.39, 0.29) is 0 Å². The maximum atomic E-state index is 4.41. The lowest BCUT2D eigenvalue weighted by Gasteiger charge is -2.28. The van der Waals surface area contributed by atoms with Gasteiger partial charge in [0, 0.05) is 36.9 Å². The summed E-state index contributed by atoms with van der Waals surface area (Å²) in [6, 6.07) is 0.672. The lowest BCUT2D eigenvalue weighted by atomic mass is 10.0. The van der Waals surface area contributed by atoms with Crippen molar-refractivity contribution in [3.63, 3.8) is 0 Å². The third-order valence-corrected chi connectivity index (χ3v) is 3.89. The number of hydrogen-bond acceptors (Lipinski definition) is 3. The first kappa shape index (κ1) is 13.6. The summed E-state index contributed by atoms with van der Waals surface area (Å²) >= 11 is 0. The Hall–Kier alpha value is -0.870. The van der Waals surface area contributed by atoms with Crippen LogP contribution in [0.5, 0.6) is 0 Å². The van der Waals surface area contributed by atoms with E-state index >= 15 is 0 Å². The Labute approximate surface area is 110 Å². The van der Waals surface area contributed by atoms with Gasteiger partial charge in [0.05, 0.1) is 6.20 Å². The summed E-state index contributed by atoms with van der Waals surface area (Å²) in [5.74, 6) is 0. The average molecular weight is 250 g/mol. The van der Waals surface area contributed by atoms with Gasteiger partial charge in [-0.1, -0.05) is 6.42 Å². The predicted molar refractivity (Wildman–Crippen MR) is 74.6 cm³/mol. The molecule has 1 aliphatic heterocycles. The molecular formula is C14H26N4. The fourth-order valence-corrected chi connectivity index (χ4v) is 2.77. The Bertz CT molecular complexity index is 366. The summed E-state index contributed by atoms with van der Waals surface area (Å²) in [6.07, 6.45) is 6.04. The molecule has 0 unspecified atom stereocenters. The van der Waals surface area contributed by atoms with Gasteiger partial charge in [-0.25, -0.2) is 0 Å². The van der Waals surface area contributed by atoms with Crippen molar-refractivity contribution in [1.82, 2.24) is 20.0 Å². The van der Waals surface area contributed by atoms with Gasteiger partial charge in [0.2, 0.25) is 0 Å². The van der Waals surface area contributed by atoms with Crippen molar-refractivity contribution in [1.29, 1.82) is 0 Å². The number of likely N-dealkylation sites (N-methyl/N-ethyl adjacent to an activating group) is 1. The van der Waals surface area contributed by atoms with Crippen LogP contribution in [0, 0.1) is 6.92 Å². The van der Waals surface area contributed by atoms with Crippen LogP contribution in [0.2, 0.25) is 0 Å². The highest BCUT2D eigenvalue weighted by molar-refractivity contribution is 5.15. The molecule has 1 fully saturated rings. The Morgan fingerprint density at radius 1 is 1.50 bits per heavy atom. The summed E-state index contributed by atoms with van der Waals surface area (Å²) < 4.78 is 2.07. The first-order chi connectivity index (χ1) is 8.70. The molecule has 1 aliphatic rings. The van der Waals surface area contributed by atoms with Crippen LogP contribution >= 0.6 is 0 Å². The molecule has 0 aromatic carbocycles. The first-order valence-corrected chi connectivity index (χ1v) is 7.14. The molecular weight excluding hydrogens is 224 g/mol. The van der Waals surface area contributed by atoms with Gasteiger partial charge >= 0.3 is 0 Å². The lowest BCUT2D eigenvalue weighted by molar-refractivity contribution is 0.256. The Kier molecular flexibility index (Phi) is 4.78. The summed E-state index contributed by atoms with van der Waals surface area (Å²) in [5.41, 5.74) is 2.66. The monoisotopic (exact) mass is 250 g/mol. The molecule has 1 saturated heterocycles. The van der Waals surface area contributed by atoms with Crippen LogP contribution in [0.1, 0.15) is 37.4 Å². The minimum absolute atomic E-state index is 0.672. The van der Waals surface area contributed by atoms with Crippen LogP contribution in [0.3, 0.4) is 0 Å². The Balaban J connectivity index is 1.85. The molecule has 0 radical (unpaired) electrons. The maximum absolute atomic E-state index is 4.41. The van der Waals surface area contributed by atoms with Gasteiger partial charge in [0.25, 0.3) is 0 Å². The second-order valence-corrected chi connectivity index (χ2v) is 5.41. The minimum atomic E-state index is 0.672. The van der Waals surface area contributed by atoms with Crippen LogP contribution < -0.4 is 5.32 Å². The molecule has 102 valence electrons. The van der Waals surface area contributed by atoms with Crippen molar-refractivity contribution in [2.24, 2.45) is 0 Å². The van der Waals surface area contributed by atoms with E-state index in [0.29, 0.717) is 6.04 Å². The van der Waals surface area contributed by atoms with E-state index in [1.807, 2.05) is 6.20 Å². The Morgan fingerprint density at radius 2 is 2.33 bits per heavy atom. The Morgan fingerprint density at radius 3 is 2.94 bits per heavy atom. The van der Waals surface area contributed by atoms with E-state index < -0.39 is 0 Å². The van der Waals surface area contributed by atoms with E-state index in [9.17, 15) is 0 Å². The van der Waals surface area contributed by atoms with Gasteiger partial charge < -0.3 is 10.2 Å². The van der Waals surface area contributed by atoms with Gasteiger partial charge in [-0.05, 0) is 40.3 Å². The molecule has 2 rings (SSSR count). The SMILES string of the molecule is CCn1ncc(CN(C)C[C@@H]2CCCCN2)c1C. The molecule has 4 nitrogen and oxygen atoms in total. The van der Waals surface area contributed by atoms with E-state index in [4.69, 9.17) is 0 Å².